The van der Waals surface area contributed by atoms with Gasteiger partial charge in [-0.05, 0) is 42.5 Å². The molecule has 1 aromatic carbocycles. The minimum absolute atomic E-state index is 0.459. The number of nitrogens with zero attached hydrogens (tertiary/aromatic N) is 4. The van der Waals surface area contributed by atoms with Crippen molar-refractivity contribution in [3.05, 3.63) is 46.1 Å². The molecule has 22 heavy (non-hydrogen) atoms. The summed E-state index contributed by atoms with van der Waals surface area (Å²) in [6, 6.07) is 9.02. The van der Waals surface area contributed by atoms with Crippen LogP contribution in [0.2, 0.25) is 10.0 Å². The van der Waals surface area contributed by atoms with Crippen molar-refractivity contribution in [2.75, 3.05) is 5.32 Å². The van der Waals surface area contributed by atoms with Gasteiger partial charge < -0.3 is 9.73 Å². The quantitative estimate of drug-likeness (QED) is 0.765. The number of hydrogen-bond acceptors (Lipinski definition) is 5. The number of anilines is 1. The average Bonchev–Trinajstić information content (AvgIpc) is 3.14. The largest absolute Gasteiger partial charge is 0.459 e. The number of tetrazole rings is 1. The molecule has 3 rings (SSSR count). The second-order valence-electron chi connectivity index (χ2n) is 4.55. The number of nitrogens with one attached hydrogen (secondary N) is 1. The van der Waals surface area contributed by atoms with Crippen LogP contribution in [0.4, 0.5) is 5.95 Å². The van der Waals surface area contributed by atoms with Crippen molar-refractivity contribution in [1.82, 2.24) is 20.2 Å². The van der Waals surface area contributed by atoms with E-state index in [4.69, 9.17) is 27.6 Å². The van der Waals surface area contributed by atoms with Gasteiger partial charge in [0.2, 0.25) is 0 Å². The molecule has 0 saturated carbocycles. The van der Waals surface area contributed by atoms with Crippen molar-refractivity contribution in [2.45, 2.75) is 20.0 Å². The molecule has 0 bridgehead atoms. The fraction of sp³-hybridized carbons (Fsp3) is 0.214. The van der Waals surface area contributed by atoms with Gasteiger partial charge in [0.05, 0.1) is 18.1 Å². The summed E-state index contributed by atoms with van der Waals surface area (Å²) < 4.78 is 5.77. The zero-order chi connectivity index (χ0) is 15.5. The van der Waals surface area contributed by atoms with Gasteiger partial charge in [-0.25, -0.2) is 0 Å². The van der Waals surface area contributed by atoms with E-state index in [1.807, 2.05) is 25.1 Å². The number of halogens is 2. The third-order valence-corrected chi connectivity index (χ3v) is 3.56. The standard InChI is InChI=1S/C14H13Cl2N5O/c1-2-21-19-14(18-20-21)17-8-10-4-6-13(22-10)11-5-3-9(15)7-12(11)16/h3-7H,2,8H2,1H3,(H,17,19). The molecule has 0 radical (unpaired) electrons. The average molecular weight is 338 g/mol. The highest BCUT2D eigenvalue weighted by Gasteiger charge is 2.10. The topological polar surface area (TPSA) is 68.8 Å². The molecule has 2 heterocycles. The van der Waals surface area contributed by atoms with Crippen LogP contribution >= 0.6 is 23.2 Å². The third kappa shape index (κ3) is 3.23. The molecule has 3 aromatic rings. The number of aryl methyl sites for hydroxylation is 1. The lowest BCUT2D eigenvalue weighted by Gasteiger charge is -2.02. The zero-order valence-corrected chi connectivity index (χ0v) is 13.3. The summed E-state index contributed by atoms with van der Waals surface area (Å²) in [5.74, 6) is 1.89. The van der Waals surface area contributed by atoms with Gasteiger partial charge in [0.15, 0.2) is 0 Å². The molecular formula is C14H13Cl2N5O. The van der Waals surface area contributed by atoms with Gasteiger partial charge in [0.25, 0.3) is 5.95 Å². The molecule has 0 aliphatic rings. The molecule has 2 aromatic heterocycles. The van der Waals surface area contributed by atoms with E-state index in [2.05, 4.69) is 20.7 Å². The molecular weight excluding hydrogens is 325 g/mol. The number of furan rings is 1. The van der Waals surface area contributed by atoms with Crippen LogP contribution < -0.4 is 5.32 Å². The Balaban J connectivity index is 1.70. The number of benzene rings is 1. The number of aromatic nitrogens is 4. The van der Waals surface area contributed by atoms with E-state index in [1.165, 1.54) is 4.80 Å². The highest BCUT2D eigenvalue weighted by Crippen LogP contribution is 2.31. The van der Waals surface area contributed by atoms with Gasteiger partial charge in [0.1, 0.15) is 11.5 Å². The second kappa shape index (κ2) is 6.37. The Labute approximate surface area is 137 Å². The molecule has 0 spiro atoms. The van der Waals surface area contributed by atoms with E-state index in [9.17, 15) is 0 Å². The monoisotopic (exact) mass is 337 g/mol. The van der Waals surface area contributed by atoms with E-state index < -0.39 is 0 Å². The summed E-state index contributed by atoms with van der Waals surface area (Å²) in [5, 5.41) is 16.1. The maximum absolute atomic E-state index is 6.17. The van der Waals surface area contributed by atoms with E-state index >= 15 is 0 Å². The van der Waals surface area contributed by atoms with Crippen LogP contribution in [0.5, 0.6) is 0 Å². The molecule has 0 unspecified atom stereocenters. The number of hydrogen-bond donors (Lipinski definition) is 1. The van der Waals surface area contributed by atoms with Crippen molar-refractivity contribution in [3.8, 4) is 11.3 Å². The van der Waals surface area contributed by atoms with Gasteiger partial charge in [0, 0.05) is 10.6 Å². The molecule has 0 fully saturated rings. The van der Waals surface area contributed by atoms with Crippen LogP contribution in [0, 0.1) is 0 Å². The summed E-state index contributed by atoms with van der Waals surface area (Å²) in [5.41, 5.74) is 0.798. The Bertz CT molecular complexity index is 783. The van der Waals surface area contributed by atoms with E-state index in [0.717, 1.165) is 11.3 Å². The van der Waals surface area contributed by atoms with Crippen LogP contribution in [0.3, 0.4) is 0 Å². The lowest BCUT2D eigenvalue weighted by Crippen LogP contribution is -2.02. The fourth-order valence-electron chi connectivity index (χ4n) is 1.92. The maximum Gasteiger partial charge on any atom is 0.263 e. The second-order valence-corrected chi connectivity index (χ2v) is 5.39. The maximum atomic E-state index is 6.17. The minimum Gasteiger partial charge on any atom is -0.459 e. The van der Waals surface area contributed by atoms with Gasteiger partial charge in [-0.2, -0.15) is 4.80 Å². The van der Waals surface area contributed by atoms with Gasteiger partial charge in [-0.15, -0.1) is 5.10 Å². The smallest absolute Gasteiger partial charge is 0.263 e. The first-order chi connectivity index (χ1) is 10.7. The summed E-state index contributed by atoms with van der Waals surface area (Å²) in [6.45, 7) is 3.08. The lowest BCUT2D eigenvalue weighted by molar-refractivity contribution is 0.530. The van der Waals surface area contributed by atoms with Crippen LogP contribution in [-0.2, 0) is 13.1 Å². The molecule has 0 saturated heterocycles. The molecule has 0 aliphatic heterocycles. The van der Waals surface area contributed by atoms with Crippen LogP contribution in [0.15, 0.2) is 34.7 Å². The van der Waals surface area contributed by atoms with Crippen LogP contribution in [0.25, 0.3) is 11.3 Å². The van der Waals surface area contributed by atoms with Crippen molar-refractivity contribution in [1.29, 1.82) is 0 Å². The van der Waals surface area contributed by atoms with Gasteiger partial charge in [-0.3, -0.25) is 0 Å². The molecule has 0 aliphatic carbocycles. The number of rotatable bonds is 5. The SMILES string of the molecule is CCn1nnc(NCc2ccc(-c3ccc(Cl)cc3Cl)o2)n1. The van der Waals surface area contributed by atoms with Crippen molar-refractivity contribution >= 4 is 29.2 Å². The lowest BCUT2D eigenvalue weighted by atomic mass is 10.2. The van der Waals surface area contributed by atoms with E-state index in [-0.39, 0.29) is 0 Å². The Hall–Kier alpha value is -2.05. The molecule has 6 nitrogen and oxygen atoms in total. The minimum atomic E-state index is 0.459. The van der Waals surface area contributed by atoms with E-state index in [0.29, 0.717) is 34.8 Å². The summed E-state index contributed by atoms with van der Waals surface area (Å²) in [4.78, 5) is 1.50. The molecule has 1 N–H and O–H groups in total. The first-order valence-corrected chi connectivity index (χ1v) is 7.47. The summed E-state index contributed by atoms with van der Waals surface area (Å²) in [7, 11) is 0. The fourth-order valence-corrected chi connectivity index (χ4v) is 2.42. The Morgan fingerprint density at radius 2 is 2.09 bits per heavy atom. The summed E-state index contributed by atoms with van der Waals surface area (Å²) in [6.07, 6.45) is 0. The molecule has 8 heteroatoms. The normalized spacial score (nSPS) is 10.9. The van der Waals surface area contributed by atoms with Gasteiger partial charge >= 0.3 is 0 Å². The third-order valence-electron chi connectivity index (χ3n) is 3.01. The highest BCUT2D eigenvalue weighted by molar-refractivity contribution is 6.36. The zero-order valence-electron chi connectivity index (χ0n) is 11.8. The van der Waals surface area contributed by atoms with Gasteiger partial charge in [-0.1, -0.05) is 28.3 Å². The first-order valence-electron chi connectivity index (χ1n) is 6.71. The van der Waals surface area contributed by atoms with Crippen LogP contribution in [-0.4, -0.2) is 20.2 Å². The molecule has 0 atom stereocenters. The van der Waals surface area contributed by atoms with E-state index in [1.54, 1.807) is 12.1 Å². The predicted octanol–water partition coefficient (Wildman–Crippen LogP) is 3.87. The van der Waals surface area contributed by atoms with Crippen molar-refractivity contribution < 1.29 is 4.42 Å². The molecule has 114 valence electrons. The highest BCUT2D eigenvalue weighted by atomic mass is 35.5. The Morgan fingerprint density at radius 3 is 2.82 bits per heavy atom. The van der Waals surface area contributed by atoms with Crippen molar-refractivity contribution in [3.63, 3.8) is 0 Å². The Kier molecular flexibility index (Phi) is 4.31. The Morgan fingerprint density at radius 1 is 1.23 bits per heavy atom. The first kappa shape index (κ1) is 14.9. The predicted molar refractivity (Wildman–Crippen MR) is 85.0 cm³/mol. The molecule has 0 amide bonds. The summed E-state index contributed by atoms with van der Waals surface area (Å²) >= 11 is 12.1. The van der Waals surface area contributed by atoms with Crippen molar-refractivity contribution in [2.24, 2.45) is 0 Å². The van der Waals surface area contributed by atoms with Crippen LogP contribution in [0.1, 0.15) is 12.7 Å².